The number of nitro groups is 1. The fourth-order valence-electron chi connectivity index (χ4n) is 0.838. The predicted molar refractivity (Wildman–Crippen MR) is 56.8 cm³/mol. The van der Waals surface area contributed by atoms with Crippen molar-refractivity contribution in [2.75, 3.05) is 0 Å². The maximum atomic E-state index is 11.0. The molecule has 0 spiro atoms. The molecule has 15 heavy (non-hydrogen) atoms. The van der Waals surface area contributed by atoms with Gasteiger partial charge in [0.15, 0.2) is 0 Å². The van der Waals surface area contributed by atoms with Gasteiger partial charge in [-0.15, -0.1) is 0 Å². The second-order valence-corrected chi connectivity index (χ2v) is 2.99. The number of carbonyl (C=O) groups excluding carboxylic acids is 1. The van der Waals surface area contributed by atoms with E-state index in [9.17, 15) is 14.9 Å². The van der Waals surface area contributed by atoms with Crippen LogP contribution in [0.3, 0.4) is 0 Å². The van der Waals surface area contributed by atoms with E-state index in [1.165, 1.54) is 35.3 Å². The van der Waals surface area contributed by atoms with Crippen LogP contribution < -0.4 is 4.74 Å². The summed E-state index contributed by atoms with van der Waals surface area (Å²) >= 11 is 2.92. The summed E-state index contributed by atoms with van der Waals surface area (Å²) in [6.07, 6.45) is 1.18. The average Bonchev–Trinajstić information content (AvgIpc) is 2.18. The zero-order valence-electron chi connectivity index (χ0n) is 7.42. The number of benzene rings is 1. The normalized spacial score (nSPS) is 10.2. The van der Waals surface area contributed by atoms with E-state index < -0.39 is 10.9 Å². The van der Waals surface area contributed by atoms with Gasteiger partial charge in [0.05, 0.1) is 4.92 Å². The smallest absolute Gasteiger partial charge is 0.336 e. The molecule has 0 saturated carbocycles. The summed E-state index contributed by atoms with van der Waals surface area (Å²) in [5, 5.41) is 10.3. The topological polar surface area (TPSA) is 69.4 Å². The molecule has 78 valence electrons. The lowest BCUT2D eigenvalue weighted by molar-refractivity contribution is -0.384. The highest BCUT2D eigenvalue weighted by Crippen LogP contribution is 2.17. The first kappa shape index (κ1) is 11.4. The number of hydrogen-bond acceptors (Lipinski definition) is 4. The van der Waals surface area contributed by atoms with Crippen LogP contribution in [0.15, 0.2) is 35.3 Å². The first-order valence-electron chi connectivity index (χ1n) is 3.86. The van der Waals surface area contributed by atoms with E-state index >= 15 is 0 Å². The Morgan fingerprint density at radius 1 is 1.40 bits per heavy atom. The molecule has 1 aromatic rings. The van der Waals surface area contributed by atoms with Crippen molar-refractivity contribution in [2.24, 2.45) is 0 Å². The van der Waals surface area contributed by atoms with Gasteiger partial charge in [0.2, 0.25) is 0 Å². The summed E-state index contributed by atoms with van der Waals surface area (Å²) in [5.41, 5.74) is -0.0502. The number of non-ortho nitro benzene ring substituents is 1. The summed E-state index contributed by atoms with van der Waals surface area (Å²) < 4.78 is 4.81. The second kappa shape index (κ2) is 5.26. The molecule has 0 fully saturated rings. The number of ether oxygens (including phenoxy) is 1. The van der Waals surface area contributed by atoms with Crippen molar-refractivity contribution in [1.29, 1.82) is 0 Å². The molecule has 0 aliphatic rings. The Balaban J connectivity index is 2.72. The summed E-state index contributed by atoms with van der Waals surface area (Å²) in [6.45, 7) is 0. The second-order valence-electron chi connectivity index (χ2n) is 2.46. The van der Waals surface area contributed by atoms with Crippen LogP contribution in [0, 0.1) is 10.1 Å². The molecule has 0 radical (unpaired) electrons. The van der Waals surface area contributed by atoms with Crippen molar-refractivity contribution in [3.8, 4) is 5.75 Å². The number of carbonyl (C=O) groups is 1. The number of hydrogen-bond donors (Lipinski definition) is 0. The van der Waals surface area contributed by atoms with Crippen LogP contribution in [-0.4, -0.2) is 10.9 Å². The lowest BCUT2D eigenvalue weighted by Gasteiger charge is -1.99. The Morgan fingerprint density at radius 2 is 2.00 bits per heavy atom. The molecule has 5 nitrogen and oxygen atoms in total. The Hall–Kier alpha value is -1.69. The highest BCUT2D eigenvalue weighted by molar-refractivity contribution is 9.11. The Labute approximate surface area is 93.6 Å². The molecule has 0 amide bonds. The third-order valence-corrected chi connectivity index (χ3v) is 1.73. The first-order valence-corrected chi connectivity index (χ1v) is 4.78. The minimum atomic E-state index is -0.555. The third-order valence-electron chi connectivity index (χ3n) is 1.47. The fraction of sp³-hybridized carbons (Fsp3) is 0. The van der Waals surface area contributed by atoms with Crippen LogP contribution >= 0.6 is 15.9 Å². The molecule has 0 heterocycles. The highest BCUT2D eigenvalue weighted by Gasteiger charge is 2.05. The van der Waals surface area contributed by atoms with Gasteiger partial charge in [0.1, 0.15) is 5.75 Å². The molecule has 0 saturated heterocycles. The number of esters is 1. The maximum Gasteiger partial charge on any atom is 0.336 e. The van der Waals surface area contributed by atoms with Gasteiger partial charge in [-0.25, -0.2) is 4.79 Å². The van der Waals surface area contributed by atoms with Crippen LogP contribution in [0.2, 0.25) is 0 Å². The molecule has 0 aromatic heterocycles. The van der Waals surface area contributed by atoms with E-state index in [2.05, 4.69) is 15.9 Å². The summed E-state index contributed by atoms with van der Waals surface area (Å²) in [5.74, 6) is -0.295. The van der Waals surface area contributed by atoms with E-state index in [1.54, 1.807) is 0 Å². The number of nitro benzene ring substituents is 1. The van der Waals surface area contributed by atoms with Crippen molar-refractivity contribution in [2.45, 2.75) is 0 Å². The van der Waals surface area contributed by atoms with Crippen LogP contribution in [0.5, 0.6) is 5.75 Å². The minimum absolute atomic E-state index is 0.0502. The Kier molecular flexibility index (Phi) is 3.99. The SMILES string of the molecule is O=C(C=CBr)Oc1ccc([N+](=O)[O-])cc1. The van der Waals surface area contributed by atoms with E-state index in [0.717, 1.165) is 0 Å². The van der Waals surface area contributed by atoms with Gasteiger partial charge in [-0.2, -0.15) is 0 Å². The quantitative estimate of drug-likeness (QED) is 0.278. The molecule has 1 rings (SSSR count). The summed E-state index contributed by atoms with van der Waals surface area (Å²) in [7, 11) is 0. The van der Waals surface area contributed by atoms with Crippen LogP contribution in [0.1, 0.15) is 0 Å². The van der Waals surface area contributed by atoms with Gasteiger partial charge in [0.25, 0.3) is 5.69 Å². The Bertz CT molecular complexity index is 399. The Morgan fingerprint density at radius 3 is 2.47 bits per heavy atom. The molecule has 0 N–H and O–H groups in total. The van der Waals surface area contributed by atoms with E-state index in [0.29, 0.717) is 0 Å². The molecule has 0 aliphatic carbocycles. The van der Waals surface area contributed by atoms with Gasteiger partial charge < -0.3 is 4.74 Å². The van der Waals surface area contributed by atoms with Crippen molar-refractivity contribution in [1.82, 2.24) is 0 Å². The van der Waals surface area contributed by atoms with Gasteiger partial charge >= 0.3 is 5.97 Å². The van der Waals surface area contributed by atoms with Crippen molar-refractivity contribution in [3.05, 3.63) is 45.4 Å². The van der Waals surface area contributed by atoms with Crippen molar-refractivity contribution >= 4 is 27.6 Å². The molecular formula is C9H6BrNO4. The lowest BCUT2D eigenvalue weighted by Crippen LogP contribution is -2.03. The zero-order chi connectivity index (χ0) is 11.3. The van der Waals surface area contributed by atoms with Gasteiger partial charge in [0, 0.05) is 18.2 Å². The average molecular weight is 272 g/mol. The molecule has 0 atom stereocenters. The van der Waals surface area contributed by atoms with Crippen LogP contribution in [-0.2, 0) is 4.79 Å². The molecule has 6 heteroatoms. The van der Waals surface area contributed by atoms with E-state index in [-0.39, 0.29) is 11.4 Å². The maximum absolute atomic E-state index is 11.0. The highest BCUT2D eigenvalue weighted by atomic mass is 79.9. The van der Waals surface area contributed by atoms with Crippen molar-refractivity contribution < 1.29 is 14.5 Å². The number of rotatable bonds is 3. The summed E-state index contributed by atoms with van der Waals surface area (Å²) in [4.78, 5) is 22.1. The standard InChI is InChI=1S/C9H6BrNO4/c10-6-5-9(12)15-8-3-1-7(2-4-8)11(13)14/h1-6H. The molecular weight excluding hydrogens is 266 g/mol. The molecule has 0 aliphatic heterocycles. The van der Waals surface area contributed by atoms with Gasteiger partial charge in [-0.3, -0.25) is 10.1 Å². The predicted octanol–water partition coefficient (Wildman–Crippen LogP) is 2.41. The van der Waals surface area contributed by atoms with Gasteiger partial charge in [-0.1, -0.05) is 15.9 Å². The van der Waals surface area contributed by atoms with Crippen molar-refractivity contribution in [3.63, 3.8) is 0 Å². The largest absolute Gasteiger partial charge is 0.423 e. The zero-order valence-corrected chi connectivity index (χ0v) is 9.01. The van der Waals surface area contributed by atoms with Gasteiger partial charge in [-0.05, 0) is 17.1 Å². The summed E-state index contributed by atoms with van der Waals surface area (Å²) in [6, 6.07) is 5.25. The number of halogens is 1. The number of nitrogens with zero attached hydrogens (tertiary/aromatic N) is 1. The molecule has 1 aromatic carbocycles. The monoisotopic (exact) mass is 271 g/mol. The molecule has 0 unspecified atom stereocenters. The van der Waals surface area contributed by atoms with E-state index in [1.807, 2.05) is 0 Å². The third kappa shape index (κ3) is 3.51. The van der Waals surface area contributed by atoms with Crippen LogP contribution in [0.4, 0.5) is 5.69 Å². The minimum Gasteiger partial charge on any atom is -0.423 e. The molecule has 0 bridgehead atoms. The van der Waals surface area contributed by atoms with Crippen LogP contribution in [0.25, 0.3) is 0 Å². The fourth-order valence-corrected chi connectivity index (χ4v) is 1.05. The first-order chi connectivity index (χ1) is 7.13. The lowest BCUT2D eigenvalue weighted by atomic mass is 10.3. The van der Waals surface area contributed by atoms with E-state index in [4.69, 9.17) is 4.74 Å².